The molecule has 9 heteroatoms. The summed E-state index contributed by atoms with van der Waals surface area (Å²) < 4.78 is 11.3. The van der Waals surface area contributed by atoms with Crippen LogP contribution in [0.4, 0.5) is 0 Å². The summed E-state index contributed by atoms with van der Waals surface area (Å²) in [5.74, 6) is -0.175. The van der Waals surface area contributed by atoms with Gasteiger partial charge in [0, 0.05) is 6.42 Å². The SMILES string of the molecule is CC/C=C\C/C=C\C/C=C\C/C=C\C/C=C\C/C=C\C/C=C\C/C=C\CCCCCCCCCCCCCCCCCCC(=O)NC(COC1OC(CO)C(O)C(O)C1O)C(O)/C=C/CCCCCCCCCCCCCCCCCCCCCCCCCCCC. The lowest BCUT2D eigenvalue weighted by Crippen LogP contribution is -2.60. The Morgan fingerprint density at radius 2 is 0.674 bits per heavy atom. The fraction of sp³-hybridized carbons (Fsp3) is 0.771. The topological polar surface area (TPSA) is 149 Å². The summed E-state index contributed by atoms with van der Waals surface area (Å²) in [5, 5.41) is 54.9. The van der Waals surface area contributed by atoms with Gasteiger partial charge in [-0.2, -0.15) is 0 Å². The number of aliphatic hydroxyl groups is 5. The molecule has 0 radical (unpaired) electrons. The van der Waals surface area contributed by atoms with Crippen molar-refractivity contribution in [2.24, 2.45) is 0 Å². The van der Waals surface area contributed by atoms with Crippen LogP contribution in [0.1, 0.15) is 354 Å². The molecule has 0 aromatic carbocycles. The van der Waals surface area contributed by atoms with E-state index in [-0.39, 0.29) is 12.5 Å². The molecule has 0 aromatic rings. The molecular weight excluding hydrogens is 1140 g/mol. The number of aliphatic hydroxyl groups excluding tert-OH is 5. The van der Waals surface area contributed by atoms with Gasteiger partial charge in [-0.3, -0.25) is 4.79 Å². The predicted octanol–water partition coefficient (Wildman–Crippen LogP) is 22.4. The molecule has 1 aliphatic rings. The van der Waals surface area contributed by atoms with Crippen LogP contribution in [0.25, 0.3) is 0 Å². The Morgan fingerprint density at radius 3 is 1.00 bits per heavy atom. The number of hydrogen-bond donors (Lipinski definition) is 6. The minimum atomic E-state index is -1.57. The van der Waals surface area contributed by atoms with Gasteiger partial charge in [-0.1, -0.05) is 374 Å². The highest BCUT2D eigenvalue weighted by molar-refractivity contribution is 5.76. The van der Waals surface area contributed by atoms with Gasteiger partial charge in [0.15, 0.2) is 6.29 Å². The molecule has 6 N–H and O–H groups in total. The van der Waals surface area contributed by atoms with E-state index in [0.717, 1.165) is 89.9 Å². The Bertz CT molecular complexity index is 1830. The lowest BCUT2D eigenvalue weighted by Gasteiger charge is -2.40. The lowest BCUT2D eigenvalue weighted by molar-refractivity contribution is -0.302. The average molecular weight is 1290 g/mol. The second-order valence-electron chi connectivity index (χ2n) is 26.8. The van der Waals surface area contributed by atoms with Crippen molar-refractivity contribution in [3.63, 3.8) is 0 Å². The van der Waals surface area contributed by atoms with E-state index in [1.807, 2.05) is 6.08 Å². The molecule has 1 amide bonds. The van der Waals surface area contributed by atoms with Gasteiger partial charge in [-0.15, -0.1) is 0 Å². The first-order valence-corrected chi connectivity index (χ1v) is 39.1. The number of ether oxygens (including phenoxy) is 2. The number of nitrogens with one attached hydrogen (secondary N) is 1. The third-order valence-electron chi connectivity index (χ3n) is 18.1. The minimum Gasteiger partial charge on any atom is -0.394 e. The van der Waals surface area contributed by atoms with Crippen molar-refractivity contribution in [1.29, 1.82) is 0 Å². The molecule has 0 saturated carbocycles. The number of carbonyl (C=O) groups excluding carboxylic acids is 1. The monoisotopic (exact) mass is 1290 g/mol. The highest BCUT2D eigenvalue weighted by Gasteiger charge is 2.44. The first-order valence-electron chi connectivity index (χ1n) is 39.1. The van der Waals surface area contributed by atoms with Crippen LogP contribution in [-0.2, 0) is 14.3 Å². The zero-order valence-corrected chi connectivity index (χ0v) is 59.8. The van der Waals surface area contributed by atoms with Gasteiger partial charge in [0.25, 0.3) is 0 Å². The number of amides is 1. The number of allylic oxidation sites excluding steroid dienone is 17. The number of carbonyl (C=O) groups is 1. The quantitative estimate of drug-likeness (QED) is 0.0261. The van der Waals surface area contributed by atoms with E-state index < -0.39 is 49.5 Å². The largest absolute Gasteiger partial charge is 0.394 e. The number of rotatable bonds is 68. The lowest BCUT2D eigenvalue weighted by atomic mass is 9.99. The van der Waals surface area contributed by atoms with Crippen molar-refractivity contribution in [2.75, 3.05) is 13.2 Å². The summed E-state index contributed by atoms with van der Waals surface area (Å²) in [7, 11) is 0. The fourth-order valence-electron chi connectivity index (χ4n) is 12.1. The molecule has 9 nitrogen and oxygen atoms in total. The van der Waals surface area contributed by atoms with E-state index in [9.17, 15) is 30.3 Å². The summed E-state index contributed by atoms with van der Waals surface area (Å²) in [4.78, 5) is 13.2. The van der Waals surface area contributed by atoms with Gasteiger partial charge in [0.2, 0.25) is 5.91 Å². The van der Waals surface area contributed by atoms with Gasteiger partial charge in [-0.25, -0.2) is 0 Å². The smallest absolute Gasteiger partial charge is 0.220 e. The van der Waals surface area contributed by atoms with Gasteiger partial charge in [0.1, 0.15) is 24.4 Å². The summed E-state index contributed by atoms with van der Waals surface area (Å²) in [5.41, 5.74) is 0. The molecule has 1 fully saturated rings. The van der Waals surface area contributed by atoms with Crippen molar-refractivity contribution in [2.45, 2.75) is 397 Å². The molecule has 1 aliphatic heterocycles. The molecule has 92 heavy (non-hydrogen) atoms. The van der Waals surface area contributed by atoms with Crippen LogP contribution in [0.3, 0.4) is 0 Å². The molecule has 1 heterocycles. The first-order chi connectivity index (χ1) is 45.3. The van der Waals surface area contributed by atoms with Crippen LogP contribution in [-0.4, -0.2) is 87.5 Å². The molecule has 1 saturated heterocycles. The molecule has 0 aromatic heterocycles. The van der Waals surface area contributed by atoms with E-state index in [2.05, 4.69) is 116 Å². The fourth-order valence-corrected chi connectivity index (χ4v) is 12.1. The Balaban J connectivity index is 2.09. The zero-order valence-electron chi connectivity index (χ0n) is 59.8. The van der Waals surface area contributed by atoms with Crippen molar-refractivity contribution >= 4 is 5.91 Å². The molecule has 7 atom stereocenters. The summed E-state index contributed by atoms with van der Waals surface area (Å²) >= 11 is 0. The highest BCUT2D eigenvalue weighted by atomic mass is 16.7. The van der Waals surface area contributed by atoms with Gasteiger partial charge in [0.05, 0.1) is 25.4 Å². The van der Waals surface area contributed by atoms with E-state index >= 15 is 0 Å². The van der Waals surface area contributed by atoms with E-state index in [0.29, 0.717) is 6.42 Å². The number of hydrogen-bond acceptors (Lipinski definition) is 8. The Morgan fingerprint density at radius 1 is 0.380 bits per heavy atom. The van der Waals surface area contributed by atoms with Crippen molar-refractivity contribution in [3.8, 4) is 0 Å². The predicted molar refractivity (Wildman–Crippen MR) is 396 cm³/mol. The maximum absolute atomic E-state index is 13.2. The summed E-state index contributed by atoms with van der Waals surface area (Å²) in [6.45, 7) is 3.71. The van der Waals surface area contributed by atoms with Gasteiger partial charge in [-0.05, 0) is 83.5 Å². The van der Waals surface area contributed by atoms with Crippen molar-refractivity contribution in [1.82, 2.24) is 5.32 Å². The summed E-state index contributed by atoms with van der Waals surface area (Å²) in [6.07, 6.45) is 97.9. The van der Waals surface area contributed by atoms with Crippen LogP contribution in [0.2, 0.25) is 0 Å². The van der Waals surface area contributed by atoms with E-state index in [1.54, 1.807) is 6.08 Å². The first kappa shape index (κ1) is 86.9. The number of unbranched alkanes of at least 4 members (excludes halogenated alkanes) is 42. The highest BCUT2D eigenvalue weighted by Crippen LogP contribution is 2.24. The van der Waals surface area contributed by atoms with Crippen molar-refractivity contribution in [3.05, 3.63) is 109 Å². The minimum absolute atomic E-state index is 0.175. The van der Waals surface area contributed by atoms with E-state index in [4.69, 9.17) is 9.47 Å². The van der Waals surface area contributed by atoms with Gasteiger partial charge < -0.3 is 40.3 Å². The Kier molecular flexibility index (Phi) is 66.7. The molecule has 7 unspecified atom stereocenters. The molecule has 0 aliphatic carbocycles. The molecule has 1 rings (SSSR count). The van der Waals surface area contributed by atoms with E-state index in [1.165, 1.54) is 244 Å². The average Bonchev–Trinajstić information content (AvgIpc) is 1.00. The maximum atomic E-state index is 13.2. The molecular formula is C83H147NO8. The van der Waals surface area contributed by atoms with Crippen LogP contribution < -0.4 is 5.32 Å². The standard InChI is InChI=1S/C83H147NO8/c1-3-5-7-9-11-13-15-17-19-21-23-25-27-29-31-33-34-35-36-37-38-39-40-41-42-43-44-45-47-49-51-53-55-57-59-61-63-65-67-69-71-73-79(87)84-76(75-91-83-82(90)81(89)80(88)78(74-85)92-83)77(86)72-70-68-66-64-62-60-58-56-54-52-50-48-46-32-30-28-26-24-22-20-18-16-14-12-10-8-6-4-2/h5,7,11,13,17,19,23,25,29,31,34-35,37-38,40-41,70,72,76-78,80-83,85-86,88-90H,3-4,6,8-10,12,14-16,18,20-22,24,26-28,30,32-33,36,39,42-69,71,73-75H2,1-2H3,(H,84,87)/b7-5-,13-11-,19-17-,25-23-,31-29-,35-34-,38-37-,41-40-,72-70+. The van der Waals surface area contributed by atoms with Crippen LogP contribution in [0.15, 0.2) is 109 Å². The zero-order chi connectivity index (χ0) is 66.4. The molecule has 0 spiro atoms. The van der Waals surface area contributed by atoms with Crippen LogP contribution in [0, 0.1) is 0 Å². The Hall–Kier alpha value is -3.15. The molecule has 0 bridgehead atoms. The second-order valence-corrected chi connectivity index (χ2v) is 26.8. The van der Waals surface area contributed by atoms with Crippen LogP contribution in [0.5, 0.6) is 0 Å². The maximum Gasteiger partial charge on any atom is 0.220 e. The third-order valence-corrected chi connectivity index (χ3v) is 18.1. The van der Waals surface area contributed by atoms with Crippen molar-refractivity contribution < 1.29 is 39.8 Å². The second kappa shape index (κ2) is 70.6. The normalized spacial score (nSPS) is 18.3. The Labute approximate surface area is 567 Å². The van der Waals surface area contributed by atoms with Crippen LogP contribution >= 0.6 is 0 Å². The summed E-state index contributed by atoms with van der Waals surface area (Å²) in [6, 6.07) is -0.812. The van der Waals surface area contributed by atoms with Gasteiger partial charge >= 0.3 is 0 Å². The molecule has 532 valence electrons. The third kappa shape index (κ3) is 58.2.